The molecule has 1 fully saturated rings. The maximum absolute atomic E-state index is 12.7. The molecule has 10 heteroatoms. The van der Waals surface area contributed by atoms with E-state index < -0.39 is 18.7 Å². The van der Waals surface area contributed by atoms with E-state index in [0.717, 1.165) is 0 Å². The lowest BCUT2D eigenvalue weighted by molar-refractivity contribution is -0.154. The fourth-order valence-electron chi connectivity index (χ4n) is 3.32. The number of piperidine rings is 1. The Kier molecular flexibility index (Phi) is 7.37. The normalized spacial score (nSPS) is 16.6. The monoisotopic (exact) mass is 455 g/mol. The van der Waals surface area contributed by atoms with E-state index in [9.17, 15) is 22.8 Å². The van der Waals surface area contributed by atoms with Gasteiger partial charge >= 0.3 is 6.18 Å². The van der Waals surface area contributed by atoms with Gasteiger partial charge in [-0.1, -0.05) is 17.7 Å². The van der Waals surface area contributed by atoms with Crippen molar-refractivity contribution in [2.24, 2.45) is 5.92 Å². The van der Waals surface area contributed by atoms with E-state index in [1.165, 1.54) is 12.3 Å². The summed E-state index contributed by atoms with van der Waals surface area (Å²) in [5.74, 6) is -1.05. The summed E-state index contributed by atoms with van der Waals surface area (Å²) in [7, 11) is 0. The smallest absolute Gasteiger partial charge is 0.422 e. The van der Waals surface area contributed by atoms with Crippen molar-refractivity contribution in [3.63, 3.8) is 0 Å². The molecule has 2 heterocycles. The summed E-state index contributed by atoms with van der Waals surface area (Å²) in [5, 5.41) is 3.25. The number of alkyl halides is 3. The van der Waals surface area contributed by atoms with Crippen LogP contribution in [-0.4, -0.2) is 47.6 Å². The minimum absolute atomic E-state index is 0.0263. The molecule has 1 saturated heterocycles. The summed E-state index contributed by atoms with van der Waals surface area (Å²) >= 11 is 5.86. The summed E-state index contributed by atoms with van der Waals surface area (Å²) in [4.78, 5) is 30.8. The molecule has 2 amide bonds. The molecule has 1 unspecified atom stereocenters. The van der Waals surface area contributed by atoms with Crippen molar-refractivity contribution >= 4 is 23.4 Å². The average molecular weight is 456 g/mol. The first-order valence-corrected chi connectivity index (χ1v) is 10.1. The van der Waals surface area contributed by atoms with Crippen LogP contribution in [-0.2, 0) is 11.3 Å². The van der Waals surface area contributed by atoms with Crippen molar-refractivity contribution in [3.05, 3.63) is 58.7 Å². The molecular weight excluding hydrogens is 435 g/mol. The molecule has 1 aliphatic heterocycles. The third kappa shape index (κ3) is 6.58. The van der Waals surface area contributed by atoms with Crippen LogP contribution < -0.4 is 10.1 Å². The molecule has 6 nitrogen and oxygen atoms in total. The summed E-state index contributed by atoms with van der Waals surface area (Å²) in [6, 6.07) is 9.63. The zero-order chi connectivity index (χ0) is 22.4. The zero-order valence-corrected chi connectivity index (χ0v) is 17.2. The molecule has 1 aliphatic rings. The molecule has 31 heavy (non-hydrogen) atoms. The molecule has 1 aromatic carbocycles. The Hall–Kier alpha value is -2.81. The van der Waals surface area contributed by atoms with Gasteiger partial charge in [0, 0.05) is 42.0 Å². The fourth-order valence-corrected chi connectivity index (χ4v) is 3.44. The Bertz CT molecular complexity index is 922. The number of rotatable bonds is 6. The number of aromatic nitrogens is 1. The molecule has 0 bridgehead atoms. The number of carbonyl (C=O) groups excluding carboxylic acids is 2. The number of likely N-dealkylation sites (tertiary alicyclic amines) is 1. The van der Waals surface area contributed by atoms with E-state index in [2.05, 4.69) is 10.3 Å². The van der Waals surface area contributed by atoms with E-state index in [0.29, 0.717) is 35.5 Å². The van der Waals surface area contributed by atoms with Crippen LogP contribution in [0.4, 0.5) is 13.2 Å². The first-order chi connectivity index (χ1) is 14.7. The van der Waals surface area contributed by atoms with Crippen LogP contribution in [0.5, 0.6) is 5.88 Å². The van der Waals surface area contributed by atoms with Gasteiger partial charge in [-0.05, 0) is 43.2 Å². The van der Waals surface area contributed by atoms with Gasteiger partial charge in [-0.15, -0.1) is 0 Å². The number of hydrogen-bond donors (Lipinski definition) is 1. The van der Waals surface area contributed by atoms with Gasteiger partial charge in [0.2, 0.25) is 11.8 Å². The highest BCUT2D eigenvalue weighted by Gasteiger charge is 2.30. The number of nitrogens with one attached hydrogen (secondary N) is 1. The fraction of sp³-hybridized carbons (Fsp3) is 0.381. The molecule has 0 spiro atoms. The molecular formula is C21H21ClF3N3O3. The van der Waals surface area contributed by atoms with Gasteiger partial charge < -0.3 is 15.0 Å². The highest BCUT2D eigenvalue weighted by Crippen LogP contribution is 2.22. The maximum atomic E-state index is 12.7. The van der Waals surface area contributed by atoms with E-state index in [4.69, 9.17) is 16.3 Å². The lowest BCUT2D eigenvalue weighted by atomic mass is 9.96. The second kappa shape index (κ2) is 10.00. The van der Waals surface area contributed by atoms with Gasteiger partial charge in [-0.25, -0.2) is 4.98 Å². The average Bonchev–Trinajstić information content (AvgIpc) is 2.76. The van der Waals surface area contributed by atoms with E-state index in [1.54, 1.807) is 35.2 Å². The minimum atomic E-state index is -4.49. The molecule has 3 rings (SSSR count). The number of ether oxygens (including phenoxy) is 1. The highest BCUT2D eigenvalue weighted by molar-refractivity contribution is 6.30. The Morgan fingerprint density at radius 2 is 1.97 bits per heavy atom. The van der Waals surface area contributed by atoms with Crippen LogP contribution >= 0.6 is 11.6 Å². The Balaban J connectivity index is 1.57. The van der Waals surface area contributed by atoms with Crippen molar-refractivity contribution in [2.75, 3.05) is 19.7 Å². The number of nitrogens with zero attached hydrogens (tertiary/aromatic N) is 2. The molecule has 166 valence electrons. The van der Waals surface area contributed by atoms with Gasteiger partial charge in [-0.2, -0.15) is 13.2 Å². The van der Waals surface area contributed by atoms with Crippen molar-refractivity contribution in [3.8, 4) is 5.88 Å². The number of halogens is 4. The van der Waals surface area contributed by atoms with Gasteiger partial charge in [0.05, 0.1) is 5.92 Å². The summed E-state index contributed by atoms with van der Waals surface area (Å²) < 4.78 is 42.0. The lowest BCUT2D eigenvalue weighted by Crippen LogP contribution is -2.45. The van der Waals surface area contributed by atoms with Gasteiger partial charge in [0.1, 0.15) is 0 Å². The number of hydrogen-bond acceptors (Lipinski definition) is 4. The van der Waals surface area contributed by atoms with Crippen LogP contribution in [0.3, 0.4) is 0 Å². The molecule has 0 aliphatic carbocycles. The second-order valence-corrected chi connectivity index (χ2v) is 7.62. The maximum Gasteiger partial charge on any atom is 0.422 e. The Morgan fingerprint density at radius 1 is 1.23 bits per heavy atom. The van der Waals surface area contributed by atoms with E-state index in [-0.39, 0.29) is 30.8 Å². The first kappa shape index (κ1) is 22.9. The number of benzene rings is 1. The Morgan fingerprint density at radius 3 is 2.68 bits per heavy atom. The number of pyridine rings is 1. The predicted molar refractivity (Wildman–Crippen MR) is 108 cm³/mol. The van der Waals surface area contributed by atoms with Crippen molar-refractivity contribution < 1.29 is 27.5 Å². The molecule has 0 radical (unpaired) electrons. The first-order valence-electron chi connectivity index (χ1n) is 9.69. The quantitative estimate of drug-likeness (QED) is 0.718. The third-order valence-corrected chi connectivity index (χ3v) is 5.10. The van der Waals surface area contributed by atoms with Crippen molar-refractivity contribution in [2.45, 2.75) is 25.6 Å². The van der Waals surface area contributed by atoms with Crippen molar-refractivity contribution in [1.29, 1.82) is 0 Å². The topological polar surface area (TPSA) is 71.5 Å². The molecule has 2 aromatic rings. The summed E-state index contributed by atoms with van der Waals surface area (Å²) in [6.07, 6.45) is -1.89. The largest absolute Gasteiger partial charge is 0.468 e. The van der Waals surface area contributed by atoms with Crippen LogP contribution in [0.15, 0.2) is 42.6 Å². The minimum Gasteiger partial charge on any atom is -0.468 e. The number of carbonyl (C=O) groups is 2. The number of amides is 2. The van der Waals surface area contributed by atoms with Gasteiger partial charge in [-0.3, -0.25) is 9.59 Å². The van der Waals surface area contributed by atoms with E-state index in [1.807, 2.05) is 0 Å². The zero-order valence-electron chi connectivity index (χ0n) is 16.5. The van der Waals surface area contributed by atoms with Crippen LogP contribution in [0, 0.1) is 5.92 Å². The third-order valence-electron chi connectivity index (χ3n) is 4.85. The Labute approximate surface area is 182 Å². The van der Waals surface area contributed by atoms with E-state index >= 15 is 0 Å². The van der Waals surface area contributed by atoms with Crippen LogP contribution in [0.2, 0.25) is 5.02 Å². The standard InChI is InChI=1S/C21H21ClF3N3O3/c22-17-7-5-14(6-8-17)20(30)28-10-2-4-16(12-28)18(29)27-11-15-3-1-9-26-19(15)31-13-21(23,24)25/h1,3,5-9,16H,2,4,10-13H2,(H,27,29). The van der Waals surface area contributed by atoms with Crippen molar-refractivity contribution in [1.82, 2.24) is 15.2 Å². The molecule has 1 N–H and O–H groups in total. The lowest BCUT2D eigenvalue weighted by Gasteiger charge is -2.32. The summed E-state index contributed by atoms with van der Waals surface area (Å²) in [6.45, 7) is -0.683. The van der Waals surface area contributed by atoms with Crippen LogP contribution in [0.1, 0.15) is 28.8 Å². The molecule has 1 atom stereocenters. The van der Waals surface area contributed by atoms with Gasteiger partial charge in [0.15, 0.2) is 6.61 Å². The predicted octanol–water partition coefficient (Wildman–Crippen LogP) is 3.84. The van der Waals surface area contributed by atoms with Crippen LogP contribution in [0.25, 0.3) is 0 Å². The van der Waals surface area contributed by atoms with Gasteiger partial charge in [0.25, 0.3) is 5.91 Å². The molecule has 1 aromatic heterocycles. The second-order valence-electron chi connectivity index (χ2n) is 7.19. The SMILES string of the molecule is O=C(NCc1cccnc1OCC(F)(F)F)C1CCCN(C(=O)c2ccc(Cl)cc2)C1. The summed E-state index contributed by atoms with van der Waals surface area (Å²) in [5.41, 5.74) is 0.831. The molecule has 0 saturated carbocycles. The highest BCUT2D eigenvalue weighted by atomic mass is 35.5.